The number of carbonyl (C=O) groups excluding carboxylic acids is 1. The molecule has 0 aliphatic heterocycles. The summed E-state index contributed by atoms with van der Waals surface area (Å²) in [6.45, 7) is 2.82. The van der Waals surface area contributed by atoms with E-state index in [2.05, 4.69) is 9.97 Å². The van der Waals surface area contributed by atoms with Gasteiger partial charge in [0, 0.05) is 19.7 Å². The van der Waals surface area contributed by atoms with Crippen molar-refractivity contribution in [1.29, 1.82) is 0 Å². The van der Waals surface area contributed by atoms with Gasteiger partial charge in [0.1, 0.15) is 5.69 Å². The third-order valence-electron chi connectivity index (χ3n) is 3.25. The van der Waals surface area contributed by atoms with Gasteiger partial charge in [0.15, 0.2) is 0 Å². The maximum absolute atomic E-state index is 12.5. The quantitative estimate of drug-likeness (QED) is 0.836. The van der Waals surface area contributed by atoms with Crippen molar-refractivity contribution >= 4 is 5.91 Å². The molecule has 1 heterocycles. The SMILES string of the molecule is Cc1ccc(CN(CCCO)C(=O)c2cncc(=O)[nH]2)cc1. The fourth-order valence-electron chi connectivity index (χ4n) is 2.08. The number of H-pyrrole nitrogens is 1. The minimum absolute atomic E-state index is 0.00123. The van der Waals surface area contributed by atoms with Crippen LogP contribution in [0.3, 0.4) is 0 Å². The topological polar surface area (TPSA) is 86.3 Å². The number of hydrogen-bond acceptors (Lipinski definition) is 4. The average Bonchev–Trinajstić information content (AvgIpc) is 2.52. The van der Waals surface area contributed by atoms with E-state index in [0.29, 0.717) is 19.5 Å². The lowest BCUT2D eigenvalue weighted by atomic mass is 10.1. The number of amides is 1. The molecule has 0 radical (unpaired) electrons. The zero-order chi connectivity index (χ0) is 15.9. The van der Waals surface area contributed by atoms with E-state index >= 15 is 0 Å². The number of benzene rings is 1. The van der Waals surface area contributed by atoms with Crippen molar-refractivity contribution in [3.8, 4) is 0 Å². The molecule has 22 heavy (non-hydrogen) atoms. The molecule has 0 unspecified atom stereocenters. The molecule has 0 aliphatic rings. The summed E-state index contributed by atoms with van der Waals surface area (Å²) in [6, 6.07) is 7.88. The van der Waals surface area contributed by atoms with E-state index in [1.165, 1.54) is 6.20 Å². The number of nitrogens with one attached hydrogen (secondary N) is 1. The molecule has 0 spiro atoms. The first-order valence-corrected chi connectivity index (χ1v) is 7.10. The van der Waals surface area contributed by atoms with Crippen molar-refractivity contribution in [2.75, 3.05) is 13.2 Å². The van der Waals surface area contributed by atoms with Gasteiger partial charge in [-0.05, 0) is 18.9 Å². The highest BCUT2D eigenvalue weighted by Gasteiger charge is 2.17. The normalized spacial score (nSPS) is 10.5. The maximum Gasteiger partial charge on any atom is 0.272 e. The lowest BCUT2D eigenvalue weighted by Gasteiger charge is -2.22. The molecular formula is C16H19N3O3. The number of nitrogens with zero attached hydrogens (tertiary/aromatic N) is 2. The molecular weight excluding hydrogens is 282 g/mol. The first kappa shape index (κ1) is 15.9. The minimum atomic E-state index is -0.414. The van der Waals surface area contributed by atoms with Crippen molar-refractivity contribution in [2.24, 2.45) is 0 Å². The number of carbonyl (C=O) groups is 1. The van der Waals surface area contributed by atoms with Crippen molar-refractivity contribution in [1.82, 2.24) is 14.9 Å². The minimum Gasteiger partial charge on any atom is -0.396 e. The summed E-state index contributed by atoms with van der Waals surface area (Å²) < 4.78 is 0. The van der Waals surface area contributed by atoms with Gasteiger partial charge in [-0.25, -0.2) is 0 Å². The van der Waals surface area contributed by atoms with E-state index in [1.54, 1.807) is 4.90 Å². The van der Waals surface area contributed by atoms with E-state index in [1.807, 2.05) is 31.2 Å². The van der Waals surface area contributed by atoms with E-state index in [0.717, 1.165) is 17.3 Å². The Morgan fingerprint density at radius 1 is 1.27 bits per heavy atom. The Hall–Kier alpha value is -2.47. The van der Waals surface area contributed by atoms with Crippen LogP contribution >= 0.6 is 0 Å². The zero-order valence-corrected chi connectivity index (χ0v) is 12.5. The molecule has 0 bridgehead atoms. The van der Waals surface area contributed by atoms with E-state index in [-0.39, 0.29) is 18.2 Å². The summed E-state index contributed by atoms with van der Waals surface area (Å²) in [5.41, 5.74) is 1.87. The molecule has 0 aliphatic carbocycles. The highest BCUT2D eigenvalue weighted by atomic mass is 16.3. The lowest BCUT2D eigenvalue weighted by Crippen LogP contribution is -2.33. The number of aliphatic hydroxyl groups excluding tert-OH is 1. The molecule has 0 atom stereocenters. The Kier molecular flexibility index (Phi) is 5.43. The molecule has 1 aromatic heterocycles. The van der Waals surface area contributed by atoms with Crippen LogP contribution < -0.4 is 5.56 Å². The number of aromatic nitrogens is 2. The summed E-state index contributed by atoms with van der Waals surface area (Å²) in [5.74, 6) is -0.306. The van der Waals surface area contributed by atoms with Gasteiger partial charge < -0.3 is 15.0 Å². The predicted octanol–water partition coefficient (Wildman–Crippen LogP) is 1.10. The third-order valence-corrected chi connectivity index (χ3v) is 3.25. The summed E-state index contributed by atoms with van der Waals surface area (Å²) >= 11 is 0. The summed E-state index contributed by atoms with van der Waals surface area (Å²) in [4.78, 5) is 31.6. The second kappa shape index (κ2) is 7.51. The third kappa shape index (κ3) is 4.26. The van der Waals surface area contributed by atoms with E-state index in [4.69, 9.17) is 5.11 Å². The summed E-state index contributed by atoms with van der Waals surface area (Å²) in [7, 11) is 0. The van der Waals surface area contributed by atoms with Gasteiger partial charge in [-0.1, -0.05) is 29.8 Å². The van der Waals surface area contributed by atoms with Gasteiger partial charge in [-0.15, -0.1) is 0 Å². The van der Waals surface area contributed by atoms with Crippen LogP contribution in [-0.2, 0) is 6.54 Å². The van der Waals surface area contributed by atoms with Gasteiger partial charge in [0.2, 0.25) is 0 Å². The molecule has 1 aromatic carbocycles. The van der Waals surface area contributed by atoms with Crippen molar-refractivity contribution in [3.63, 3.8) is 0 Å². The largest absolute Gasteiger partial charge is 0.396 e. The molecule has 2 N–H and O–H groups in total. The van der Waals surface area contributed by atoms with E-state index < -0.39 is 5.56 Å². The first-order chi connectivity index (χ1) is 10.6. The molecule has 0 saturated heterocycles. The standard InChI is InChI=1S/C16H19N3O3/c1-12-3-5-13(6-4-12)11-19(7-2-8-20)16(22)14-9-17-10-15(21)18-14/h3-6,9-10,20H,2,7-8,11H2,1H3,(H,18,21). The number of aliphatic hydroxyl groups is 1. The molecule has 0 saturated carbocycles. The summed E-state index contributed by atoms with van der Waals surface area (Å²) in [6.07, 6.45) is 2.93. The van der Waals surface area contributed by atoms with Gasteiger partial charge in [-0.3, -0.25) is 14.6 Å². The Balaban J connectivity index is 2.19. The molecule has 6 heteroatoms. The number of rotatable bonds is 6. The second-order valence-corrected chi connectivity index (χ2v) is 5.10. The van der Waals surface area contributed by atoms with Gasteiger partial charge in [0.25, 0.3) is 11.5 Å². The van der Waals surface area contributed by atoms with Gasteiger partial charge in [0.05, 0.1) is 12.4 Å². The smallest absolute Gasteiger partial charge is 0.272 e. The average molecular weight is 301 g/mol. The number of aromatic amines is 1. The van der Waals surface area contributed by atoms with Crippen LogP contribution in [0.1, 0.15) is 28.0 Å². The number of hydrogen-bond donors (Lipinski definition) is 2. The molecule has 116 valence electrons. The predicted molar refractivity (Wildman–Crippen MR) is 82.5 cm³/mol. The Bertz CT molecular complexity index is 680. The lowest BCUT2D eigenvalue weighted by molar-refractivity contribution is 0.0725. The van der Waals surface area contributed by atoms with Gasteiger partial charge in [-0.2, -0.15) is 0 Å². The van der Waals surface area contributed by atoms with Crippen LogP contribution in [0.5, 0.6) is 0 Å². The number of aryl methyl sites for hydroxylation is 1. The zero-order valence-electron chi connectivity index (χ0n) is 12.5. The van der Waals surface area contributed by atoms with Crippen LogP contribution in [0.4, 0.5) is 0 Å². The molecule has 1 amide bonds. The molecule has 2 rings (SSSR count). The van der Waals surface area contributed by atoms with Crippen LogP contribution in [0, 0.1) is 6.92 Å². The molecule has 0 fully saturated rings. The Labute approximate surface area is 128 Å². The molecule has 2 aromatic rings. The van der Waals surface area contributed by atoms with Crippen LogP contribution in [0.15, 0.2) is 41.5 Å². The van der Waals surface area contributed by atoms with Crippen molar-refractivity contribution < 1.29 is 9.90 Å². The van der Waals surface area contributed by atoms with Crippen LogP contribution in [-0.4, -0.2) is 39.0 Å². The maximum atomic E-state index is 12.5. The molecule has 6 nitrogen and oxygen atoms in total. The fourth-order valence-corrected chi connectivity index (χ4v) is 2.08. The van der Waals surface area contributed by atoms with Crippen LogP contribution in [0.2, 0.25) is 0 Å². The fraction of sp³-hybridized carbons (Fsp3) is 0.312. The Morgan fingerprint density at radius 2 is 2.00 bits per heavy atom. The summed E-state index contributed by atoms with van der Waals surface area (Å²) in [5, 5.41) is 9.01. The van der Waals surface area contributed by atoms with Crippen molar-refractivity contribution in [3.05, 3.63) is 63.8 Å². The Morgan fingerprint density at radius 3 is 2.64 bits per heavy atom. The van der Waals surface area contributed by atoms with Gasteiger partial charge >= 0.3 is 0 Å². The highest BCUT2D eigenvalue weighted by molar-refractivity contribution is 5.91. The first-order valence-electron chi connectivity index (χ1n) is 7.10. The van der Waals surface area contributed by atoms with E-state index in [9.17, 15) is 9.59 Å². The van der Waals surface area contributed by atoms with Crippen molar-refractivity contribution in [2.45, 2.75) is 19.9 Å². The van der Waals surface area contributed by atoms with Crippen LogP contribution in [0.25, 0.3) is 0 Å². The highest BCUT2D eigenvalue weighted by Crippen LogP contribution is 2.10. The monoisotopic (exact) mass is 301 g/mol. The second-order valence-electron chi connectivity index (χ2n) is 5.10.